The van der Waals surface area contributed by atoms with Crippen LogP contribution in [0.3, 0.4) is 0 Å². The summed E-state index contributed by atoms with van der Waals surface area (Å²) in [4.78, 5) is 12.0. The predicted octanol–water partition coefficient (Wildman–Crippen LogP) is 5.98. The van der Waals surface area contributed by atoms with Crippen molar-refractivity contribution < 1.29 is 14.6 Å². The normalized spacial score (nSPS) is 11.7. The minimum Gasteiger partial charge on any atom is -0.497 e. The Kier molecular flexibility index (Phi) is 7.82. The second kappa shape index (κ2) is 10.1. The maximum atomic E-state index is 12.0. The Balaban J connectivity index is 2.23. The Bertz CT molecular complexity index is 794. The lowest BCUT2D eigenvalue weighted by atomic mass is 10.1. The summed E-state index contributed by atoms with van der Waals surface area (Å²) in [6.07, 6.45) is 5.77. The number of aromatic hydroxyl groups is 1. The molecule has 1 aromatic carbocycles. The van der Waals surface area contributed by atoms with E-state index in [0.29, 0.717) is 30.3 Å². The Morgan fingerprint density at radius 3 is 2.63 bits per heavy atom. The van der Waals surface area contributed by atoms with E-state index in [1.54, 1.807) is 7.11 Å². The molecular formula is C21H31N3O3. The lowest BCUT2D eigenvalue weighted by molar-refractivity contribution is -0.118. The summed E-state index contributed by atoms with van der Waals surface area (Å²) in [7, 11) is 1.59. The fourth-order valence-electron chi connectivity index (χ4n) is 3.11. The van der Waals surface area contributed by atoms with Crippen molar-refractivity contribution in [3.63, 3.8) is 0 Å². The SMILES string of the molecule is CCCCCCCC(=O)N=Nc1c(O)n(CC(C)C)c2ccc(OC)cc12. The number of methoxy groups -OCH3 is 1. The van der Waals surface area contributed by atoms with Crippen LogP contribution in [0, 0.1) is 5.92 Å². The van der Waals surface area contributed by atoms with E-state index >= 15 is 0 Å². The van der Waals surface area contributed by atoms with Crippen molar-refractivity contribution in [3.8, 4) is 11.6 Å². The fourth-order valence-corrected chi connectivity index (χ4v) is 3.11. The average molecular weight is 373 g/mol. The molecule has 0 fully saturated rings. The summed E-state index contributed by atoms with van der Waals surface area (Å²) in [5.74, 6) is 0.802. The maximum absolute atomic E-state index is 12.0. The Hall–Kier alpha value is -2.37. The largest absolute Gasteiger partial charge is 0.497 e. The van der Waals surface area contributed by atoms with Gasteiger partial charge in [0.1, 0.15) is 5.75 Å². The molecule has 148 valence electrons. The number of unbranched alkanes of at least 4 members (excludes halogenated alkanes) is 4. The molecule has 0 saturated carbocycles. The van der Waals surface area contributed by atoms with Crippen molar-refractivity contribution >= 4 is 22.5 Å². The minimum atomic E-state index is -0.251. The summed E-state index contributed by atoms with van der Waals surface area (Å²) < 4.78 is 7.10. The molecule has 1 heterocycles. The van der Waals surface area contributed by atoms with Crippen molar-refractivity contribution in [2.45, 2.75) is 65.8 Å². The van der Waals surface area contributed by atoms with Crippen LogP contribution in [-0.2, 0) is 11.3 Å². The lowest BCUT2D eigenvalue weighted by Gasteiger charge is -2.09. The molecule has 0 radical (unpaired) electrons. The molecule has 0 saturated heterocycles. The molecule has 1 aromatic heterocycles. The zero-order valence-corrected chi connectivity index (χ0v) is 16.9. The van der Waals surface area contributed by atoms with Gasteiger partial charge in [-0.3, -0.25) is 4.79 Å². The molecular weight excluding hydrogens is 342 g/mol. The summed E-state index contributed by atoms with van der Waals surface area (Å²) in [5.41, 5.74) is 1.17. The minimum absolute atomic E-state index is 0.0337. The van der Waals surface area contributed by atoms with Gasteiger partial charge in [0.15, 0.2) is 5.69 Å². The van der Waals surface area contributed by atoms with Crippen LogP contribution in [0.1, 0.15) is 59.3 Å². The highest BCUT2D eigenvalue weighted by Gasteiger charge is 2.18. The van der Waals surface area contributed by atoms with Gasteiger partial charge in [-0.1, -0.05) is 46.5 Å². The summed E-state index contributed by atoms with van der Waals surface area (Å²) in [6, 6.07) is 5.56. The Labute approximate surface area is 161 Å². The van der Waals surface area contributed by atoms with E-state index in [4.69, 9.17) is 4.74 Å². The van der Waals surface area contributed by atoms with Gasteiger partial charge in [0.2, 0.25) is 5.88 Å². The number of carbonyl (C=O) groups excluding carboxylic acids is 1. The van der Waals surface area contributed by atoms with Crippen LogP contribution in [0.2, 0.25) is 0 Å². The zero-order valence-electron chi connectivity index (χ0n) is 16.9. The number of fused-ring (bicyclic) bond motifs is 1. The van der Waals surface area contributed by atoms with Gasteiger partial charge in [0, 0.05) is 18.4 Å². The van der Waals surface area contributed by atoms with E-state index in [1.165, 1.54) is 12.8 Å². The van der Waals surface area contributed by atoms with Gasteiger partial charge in [-0.15, -0.1) is 10.2 Å². The van der Waals surface area contributed by atoms with E-state index in [9.17, 15) is 9.90 Å². The van der Waals surface area contributed by atoms with E-state index in [1.807, 2.05) is 22.8 Å². The number of hydrogen-bond donors (Lipinski definition) is 1. The number of azo groups is 1. The first-order valence-corrected chi connectivity index (χ1v) is 9.81. The number of amides is 1. The third kappa shape index (κ3) is 5.55. The Morgan fingerprint density at radius 1 is 1.22 bits per heavy atom. The molecule has 1 N–H and O–H groups in total. The van der Waals surface area contributed by atoms with E-state index in [2.05, 4.69) is 31.0 Å². The van der Waals surface area contributed by atoms with Crippen LogP contribution in [0.4, 0.5) is 5.69 Å². The quantitative estimate of drug-likeness (QED) is 0.411. The van der Waals surface area contributed by atoms with Crippen molar-refractivity contribution in [2.75, 3.05) is 7.11 Å². The topological polar surface area (TPSA) is 76.2 Å². The number of hydrogen-bond acceptors (Lipinski definition) is 4. The van der Waals surface area contributed by atoms with Crippen LogP contribution in [-0.4, -0.2) is 22.7 Å². The van der Waals surface area contributed by atoms with Gasteiger partial charge in [-0.2, -0.15) is 0 Å². The second-order valence-corrected chi connectivity index (χ2v) is 7.32. The van der Waals surface area contributed by atoms with Crippen LogP contribution in [0.25, 0.3) is 10.9 Å². The lowest BCUT2D eigenvalue weighted by Crippen LogP contribution is -2.03. The standard InChI is InChI=1S/C21H31N3O3/c1-5-6-7-8-9-10-19(25)22-23-20-17-13-16(27-4)11-12-18(17)24(21(20)26)14-15(2)3/h11-13,15,26H,5-10,14H2,1-4H3. The van der Waals surface area contributed by atoms with Crippen molar-refractivity contribution in [1.29, 1.82) is 0 Å². The predicted molar refractivity (Wildman–Crippen MR) is 108 cm³/mol. The van der Waals surface area contributed by atoms with Gasteiger partial charge >= 0.3 is 0 Å². The monoisotopic (exact) mass is 373 g/mol. The van der Waals surface area contributed by atoms with Gasteiger partial charge in [0.25, 0.3) is 5.91 Å². The molecule has 27 heavy (non-hydrogen) atoms. The number of carbonyl (C=O) groups is 1. The molecule has 0 unspecified atom stereocenters. The third-order valence-electron chi connectivity index (χ3n) is 4.52. The Morgan fingerprint density at radius 2 is 1.96 bits per heavy atom. The highest BCUT2D eigenvalue weighted by atomic mass is 16.5. The molecule has 0 aliphatic rings. The highest BCUT2D eigenvalue weighted by Crippen LogP contribution is 2.40. The summed E-state index contributed by atoms with van der Waals surface area (Å²) >= 11 is 0. The first kappa shape index (κ1) is 20.9. The second-order valence-electron chi connectivity index (χ2n) is 7.32. The molecule has 1 amide bonds. The smallest absolute Gasteiger partial charge is 0.264 e. The molecule has 2 rings (SSSR count). The molecule has 2 aromatic rings. The maximum Gasteiger partial charge on any atom is 0.264 e. The summed E-state index contributed by atoms with van der Waals surface area (Å²) in [5, 5.41) is 19.3. The third-order valence-corrected chi connectivity index (χ3v) is 4.52. The van der Waals surface area contributed by atoms with Crippen molar-refractivity contribution in [2.24, 2.45) is 16.1 Å². The van der Waals surface area contributed by atoms with E-state index in [0.717, 1.165) is 30.2 Å². The van der Waals surface area contributed by atoms with E-state index < -0.39 is 0 Å². The number of benzene rings is 1. The molecule has 0 atom stereocenters. The molecule has 6 nitrogen and oxygen atoms in total. The van der Waals surface area contributed by atoms with Crippen molar-refractivity contribution in [1.82, 2.24) is 4.57 Å². The first-order chi connectivity index (χ1) is 13.0. The number of rotatable bonds is 10. The van der Waals surface area contributed by atoms with Crippen molar-refractivity contribution in [3.05, 3.63) is 18.2 Å². The van der Waals surface area contributed by atoms with Crippen LogP contribution < -0.4 is 4.74 Å². The molecule has 0 bridgehead atoms. The van der Waals surface area contributed by atoms with Gasteiger partial charge < -0.3 is 14.4 Å². The molecule has 0 aliphatic carbocycles. The molecule has 6 heteroatoms. The molecule has 0 spiro atoms. The number of nitrogens with zero attached hydrogens (tertiary/aromatic N) is 3. The van der Waals surface area contributed by atoms with Gasteiger partial charge in [-0.25, -0.2) is 0 Å². The number of aromatic nitrogens is 1. The fraction of sp³-hybridized carbons (Fsp3) is 0.571. The average Bonchev–Trinajstić information content (AvgIpc) is 2.90. The van der Waals surface area contributed by atoms with Crippen LogP contribution >= 0.6 is 0 Å². The molecule has 0 aliphatic heterocycles. The highest BCUT2D eigenvalue weighted by molar-refractivity contribution is 5.96. The van der Waals surface area contributed by atoms with Gasteiger partial charge in [0.05, 0.1) is 12.6 Å². The zero-order chi connectivity index (χ0) is 19.8. The number of ether oxygens (including phenoxy) is 1. The van der Waals surface area contributed by atoms with E-state index in [-0.39, 0.29) is 11.8 Å². The van der Waals surface area contributed by atoms with Crippen LogP contribution in [0.5, 0.6) is 11.6 Å². The van der Waals surface area contributed by atoms with Gasteiger partial charge in [-0.05, 0) is 30.5 Å². The first-order valence-electron chi connectivity index (χ1n) is 9.81. The summed E-state index contributed by atoms with van der Waals surface area (Å²) in [6.45, 7) is 6.97. The van der Waals surface area contributed by atoms with Crippen LogP contribution in [0.15, 0.2) is 28.4 Å².